The molecule has 1 heterocycles. The zero-order chi connectivity index (χ0) is 19.4. The summed E-state index contributed by atoms with van der Waals surface area (Å²) >= 11 is 5.67. The molecule has 1 aliphatic rings. The molecule has 0 atom stereocenters. The van der Waals surface area contributed by atoms with Gasteiger partial charge in [-0.1, -0.05) is 12.1 Å². The van der Waals surface area contributed by atoms with Crippen LogP contribution in [-0.4, -0.2) is 37.1 Å². The van der Waals surface area contributed by atoms with Gasteiger partial charge in [0.25, 0.3) is 0 Å². The molecule has 6 nitrogen and oxygen atoms in total. The third-order valence-corrected chi connectivity index (χ3v) is 5.03. The largest absolute Gasteiger partial charge is 0.469 e. The fourth-order valence-corrected chi connectivity index (χ4v) is 3.42. The molecule has 7 heteroatoms. The molecular formula is C20H22N4O2S. The Bertz CT molecular complexity index is 849. The molecule has 140 valence electrons. The van der Waals surface area contributed by atoms with Gasteiger partial charge < -0.3 is 20.3 Å². The number of ether oxygens (including phenoxy) is 1. The van der Waals surface area contributed by atoms with Crippen LogP contribution in [0.15, 0.2) is 48.5 Å². The monoisotopic (exact) mass is 382 g/mol. The number of anilines is 2. The Morgan fingerprint density at radius 2 is 1.59 bits per heavy atom. The summed E-state index contributed by atoms with van der Waals surface area (Å²) in [6, 6.07) is 15.6. The summed E-state index contributed by atoms with van der Waals surface area (Å²) in [5, 5.41) is 8.23. The van der Waals surface area contributed by atoms with E-state index in [1.165, 1.54) is 7.11 Å². The smallest absolute Gasteiger partial charge is 0.305 e. The number of nitrogens with zero attached hydrogens (tertiary/aromatic N) is 2. The number of hydrogen-bond acceptors (Lipinski definition) is 4. The van der Waals surface area contributed by atoms with Crippen molar-refractivity contribution in [1.82, 2.24) is 0 Å². The van der Waals surface area contributed by atoms with Crippen LogP contribution in [0.25, 0.3) is 0 Å². The van der Waals surface area contributed by atoms with Crippen LogP contribution in [0.5, 0.6) is 0 Å². The van der Waals surface area contributed by atoms with Crippen LogP contribution in [0.2, 0.25) is 0 Å². The van der Waals surface area contributed by atoms with Crippen LogP contribution in [0.4, 0.5) is 11.4 Å². The first kappa shape index (κ1) is 18.8. The molecular weight excluding hydrogens is 360 g/mol. The minimum Gasteiger partial charge on any atom is -0.469 e. The minimum atomic E-state index is -0.203. The number of methoxy groups -OCH3 is 1. The maximum absolute atomic E-state index is 11.3. The van der Waals surface area contributed by atoms with Crippen molar-refractivity contribution in [1.29, 1.82) is 5.41 Å². The average molecular weight is 382 g/mol. The van der Waals surface area contributed by atoms with Gasteiger partial charge in [0.1, 0.15) is 5.84 Å². The maximum atomic E-state index is 11.3. The summed E-state index contributed by atoms with van der Waals surface area (Å²) in [4.78, 5) is 15.4. The summed E-state index contributed by atoms with van der Waals surface area (Å²) in [6.07, 6.45) is 1.04. The molecule has 2 aromatic rings. The lowest BCUT2D eigenvalue weighted by Gasteiger charge is -2.22. The zero-order valence-corrected chi connectivity index (χ0v) is 16.0. The van der Waals surface area contributed by atoms with Crippen LogP contribution in [0.1, 0.15) is 17.5 Å². The lowest BCUT2D eigenvalue weighted by molar-refractivity contribution is -0.140. The molecule has 0 aromatic heterocycles. The lowest BCUT2D eigenvalue weighted by Crippen LogP contribution is -2.31. The SMILES string of the molecule is COC(=O)CCc1ccc(N2CCN(c3ccc(C(=N)N)cc3)C2=S)cc1. The van der Waals surface area contributed by atoms with E-state index in [-0.39, 0.29) is 11.8 Å². The Hall–Kier alpha value is -2.93. The van der Waals surface area contributed by atoms with E-state index in [0.29, 0.717) is 18.4 Å². The summed E-state index contributed by atoms with van der Waals surface area (Å²) in [6.45, 7) is 1.59. The highest BCUT2D eigenvalue weighted by Crippen LogP contribution is 2.26. The fraction of sp³-hybridized carbons (Fsp3) is 0.250. The number of esters is 1. The van der Waals surface area contributed by atoms with Crippen molar-refractivity contribution in [2.24, 2.45) is 5.73 Å². The van der Waals surface area contributed by atoms with Crippen LogP contribution in [0, 0.1) is 5.41 Å². The Morgan fingerprint density at radius 3 is 2.07 bits per heavy atom. The molecule has 0 unspecified atom stereocenters. The van der Waals surface area contributed by atoms with Crippen molar-refractivity contribution >= 4 is 40.5 Å². The first-order chi connectivity index (χ1) is 13.0. The van der Waals surface area contributed by atoms with Gasteiger partial charge in [0.05, 0.1) is 7.11 Å². The Balaban J connectivity index is 1.67. The van der Waals surface area contributed by atoms with E-state index >= 15 is 0 Å². The van der Waals surface area contributed by atoms with Crippen molar-refractivity contribution in [3.63, 3.8) is 0 Å². The second-order valence-electron chi connectivity index (χ2n) is 6.29. The van der Waals surface area contributed by atoms with Gasteiger partial charge in [-0.15, -0.1) is 0 Å². The van der Waals surface area contributed by atoms with Crippen molar-refractivity contribution < 1.29 is 9.53 Å². The van der Waals surface area contributed by atoms with Crippen LogP contribution < -0.4 is 15.5 Å². The molecule has 0 spiro atoms. The van der Waals surface area contributed by atoms with Crippen LogP contribution in [-0.2, 0) is 16.0 Å². The van der Waals surface area contributed by atoms with E-state index in [2.05, 4.69) is 14.5 Å². The Kier molecular flexibility index (Phi) is 5.71. The first-order valence-corrected chi connectivity index (χ1v) is 9.09. The molecule has 0 aliphatic carbocycles. The predicted molar refractivity (Wildman–Crippen MR) is 112 cm³/mol. The molecule has 3 rings (SSSR count). The van der Waals surface area contributed by atoms with Gasteiger partial charge in [-0.25, -0.2) is 0 Å². The van der Waals surface area contributed by atoms with Crippen molar-refractivity contribution in [3.05, 3.63) is 59.7 Å². The number of hydrogen-bond donors (Lipinski definition) is 2. The van der Waals surface area contributed by atoms with Gasteiger partial charge in [0, 0.05) is 36.4 Å². The normalized spacial score (nSPS) is 13.7. The minimum absolute atomic E-state index is 0.0551. The summed E-state index contributed by atoms with van der Waals surface area (Å²) in [5.74, 6) is -0.148. The second-order valence-corrected chi connectivity index (χ2v) is 6.65. The number of carbonyl (C=O) groups excluding carboxylic acids is 1. The van der Waals surface area contributed by atoms with Crippen molar-refractivity contribution in [2.45, 2.75) is 12.8 Å². The molecule has 0 radical (unpaired) electrons. The molecule has 27 heavy (non-hydrogen) atoms. The van der Waals surface area contributed by atoms with E-state index in [9.17, 15) is 4.79 Å². The molecule has 3 N–H and O–H groups in total. The maximum Gasteiger partial charge on any atom is 0.305 e. The lowest BCUT2D eigenvalue weighted by atomic mass is 10.1. The van der Waals surface area contributed by atoms with E-state index in [1.807, 2.05) is 48.5 Å². The molecule has 0 saturated carbocycles. The average Bonchev–Trinajstić information content (AvgIpc) is 3.08. The van der Waals surface area contributed by atoms with Gasteiger partial charge in [-0.2, -0.15) is 0 Å². The number of nitrogens with two attached hydrogens (primary N) is 1. The summed E-state index contributed by atoms with van der Waals surface area (Å²) in [5.41, 5.74) is 9.32. The van der Waals surface area contributed by atoms with Gasteiger partial charge in [0.2, 0.25) is 0 Å². The standard InChI is InChI=1S/C20H22N4O2S/c1-26-18(25)11-4-14-2-7-16(8-3-14)23-12-13-24(20(23)27)17-9-5-15(6-10-17)19(21)22/h2-3,5-10H,4,11-13H2,1H3,(H3,21,22). The number of nitrogens with one attached hydrogen (secondary N) is 1. The highest BCUT2D eigenvalue weighted by Gasteiger charge is 2.27. The molecule has 0 amide bonds. The number of benzene rings is 2. The van der Waals surface area contributed by atoms with Gasteiger partial charge in [-0.3, -0.25) is 10.2 Å². The van der Waals surface area contributed by atoms with E-state index < -0.39 is 0 Å². The third kappa shape index (κ3) is 4.25. The van der Waals surface area contributed by atoms with Crippen LogP contribution in [0.3, 0.4) is 0 Å². The molecule has 1 saturated heterocycles. The number of rotatable bonds is 6. The third-order valence-electron chi connectivity index (χ3n) is 4.59. The Labute approximate surface area is 164 Å². The summed E-state index contributed by atoms with van der Waals surface area (Å²) in [7, 11) is 1.40. The highest BCUT2D eigenvalue weighted by molar-refractivity contribution is 7.80. The van der Waals surface area contributed by atoms with Gasteiger partial charge >= 0.3 is 5.97 Å². The van der Waals surface area contributed by atoms with Gasteiger partial charge in [0.15, 0.2) is 5.11 Å². The highest BCUT2D eigenvalue weighted by atomic mass is 32.1. The Morgan fingerprint density at radius 1 is 1.07 bits per heavy atom. The molecule has 0 bridgehead atoms. The van der Waals surface area contributed by atoms with Crippen LogP contribution >= 0.6 is 12.2 Å². The quantitative estimate of drug-likeness (QED) is 0.346. The molecule has 1 aliphatic heterocycles. The number of nitrogen functional groups attached to an aromatic ring is 1. The number of carbonyl (C=O) groups is 1. The molecule has 2 aromatic carbocycles. The van der Waals surface area contributed by atoms with Gasteiger partial charge in [-0.05, 0) is 60.6 Å². The number of amidine groups is 1. The summed E-state index contributed by atoms with van der Waals surface area (Å²) < 4.78 is 4.68. The fourth-order valence-electron chi connectivity index (χ4n) is 3.03. The first-order valence-electron chi connectivity index (χ1n) is 8.69. The molecule has 1 fully saturated rings. The van der Waals surface area contributed by atoms with Crippen molar-refractivity contribution in [2.75, 3.05) is 30.0 Å². The number of aryl methyl sites for hydroxylation is 1. The predicted octanol–water partition coefficient (Wildman–Crippen LogP) is 2.69. The zero-order valence-electron chi connectivity index (χ0n) is 15.1. The van der Waals surface area contributed by atoms with E-state index in [0.717, 1.165) is 35.1 Å². The van der Waals surface area contributed by atoms with Crippen molar-refractivity contribution in [3.8, 4) is 0 Å². The number of thiocarbonyl (C=S) groups is 1. The second kappa shape index (κ2) is 8.18. The topological polar surface area (TPSA) is 82.7 Å². The van der Waals surface area contributed by atoms with E-state index in [1.54, 1.807) is 0 Å². The van der Waals surface area contributed by atoms with E-state index in [4.69, 9.17) is 23.4 Å².